The van der Waals surface area contributed by atoms with E-state index in [-0.39, 0.29) is 17.3 Å². The summed E-state index contributed by atoms with van der Waals surface area (Å²) in [4.78, 5) is 24.5. The summed E-state index contributed by atoms with van der Waals surface area (Å²) in [5, 5.41) is 0. The van der Waals surface area contributed by atoms with E-state index in [2.05, 4.69) is 0 Å². The predicted molar refractivity (Wildman–Crippen MR) is 67.6 cm³/mol. The Labute approximate surface area is 101 Å². The maximum Gasteiger partial charge on any atom is 0.331 e. The van der Waals surface area contributed by atoms with Gasteiger partial charge >= 0.3 is 5.69 Å². The van der Waals surface area contributed by atoms with Crippen molar-refractivity contribution < 1.29 is 0 Å². The van der Waals surface area contributed by atoms with E-state index in [0.717, 1.165) is 43.4 Å². The molecule has 0 N–H and O–H groups in total. The Kier molecular flexibility index (Phi) is 3.22. The third-order valence-corrected chi connectivity index (χ3v) is 3.58. The molecule has 1 heterocycles. The molecule has 0 aliphatic heterocycles. The van der Waals surface area contributed by atoms with Crippen molar-refractivity contribution in [3.63, 3.8) is 0 Å². The second-order valence-electron chi connectivity index (χ2n) is 5.10. The van der Waals surface area contributed by atoms with Crippen LogP contribution in [0.2, 0.25) is 0 Å². The highest BCUT2D eigenvalue weighted by Crippen LogP contribution is 2.16. The van der Waals surface area contributed by atoms with Crippen LogP contribution in [-0.4, -0.2) is 9.13 Å². The predicted octanol–water partition coefficient (Wildman–Crippen LogP) is 1.40. The molecular formula is C13H20N2O2. The van der Waals surface area contributed by atoms with Crippen LogP contribution in [-0.2, 0) is 19.9 Å². The molecule has 0 saturated carbocycles. The molecular weight excluding hydrogens is 216 g/mol. The summed E-state index contributed by atoms with van der Waals surface area (Å²) in [6, 6.07) is -0.0743. The first-order chi connectivity index (χ1) is 8.04. The van der Waals surface area contributed by atoms with E-state index in [1.165, 1.54) is 4.57 Å². The molecule has 0 fully saturated rings. The molecule has 94 valence electrons. The highest BCUT2D eigenvalue weighted by atomic mass is 16.2. The molecule has 0 amide bonds. The number of aromatic nitrogens is 2. The van der Waals surface area contributed by atoms with Gasteiger partial charge in [-0.15, -0.1) is 0 Å². The maximum absolute atomic E-state index is 12.3. The first-order valence-electron chi connectivity index (χ1n) is 6.37. The summed E-state index contributed by atoms with van der Waals surface area (Å²) in [5.74, 6) is 0. The minimum Gasteiger partial charge on any atom is -0.300 e. The summed E-state index contributed by atoms with van der Waals surface area (Å²) in [7, 11) is 1.78. The average molecular weight is 236 g/mol. The monoisotopic (exact) mass is 236 g/mol. The Morgan fingerprint density at radius 3 is 2.35 bits per heavy atom. The van der Waals surface area contributed by atoms with Crippen LogP contribution in [0.4, 0.5) is 0 Å². The molecule has 0 unspecified atom stereocenters. The molecule has 0 bridgehead atoms. The lowest BCUT2D eigenvalue weighted by atomic mass is 10.1. The van der Waals surface area contributed by atoms with Gasteiger partial charge in [0.25, 0.3) is 5.56 Å². The average Bonchev–Trinajstić information content (AvgIpc) is 2.51. The van der Waals surface area contributed by atoms with Gasteiger partial charge in [-0.1, -0.05) is 6.42 Å². The van der Waals surface area contributed by atoms with Crippen molar-refractivity contribution in [3.05, 3.63) is 32.1 Å². The number of nitrogens with zero attached hydrogens (tertiary/aromatic N) is 2. The third kappa shape index (κ3) is 1.96. The fraction of sp³-hybridized carbons (Fsp3) is 0.692. The van der Waals surface area contributed by atoms with Crippen molar-refractivity contribution in [3.8, 4) is 0 Å². The smallest absolute Gasteiger partial charge is 0.300 e. The topological polar surface area (TPSA) is 44.0 Å². The number of rotatable bonds is 1. The summed E-state index contributed by atoms with van der Waals surface area (Å²) in [6.45, 7) is 3.76. The zero-order valence-electron chi connectivity index (χ0n) is 10.8. The molecule has 1 aliphatic carbocycles. The van der Waals surface area contributed by atoms with Gasteiger partial charge < -0.3 is 4.57 Å². The second-order valence-corrected chi connectivity index (χ2v) is 5.10. The molecule has 0 atom stereocenters. The minimum atomic E-state index is -0.175. The van der Waals surface area contributed by atoms with Crippen molar-refractivity contribution in [1.82, 2.24) is 9.13 Å². The van der Waals surface area contributed by atoms with Crippen molar-refractivity contribution in [2.75, 3.05) is 0 Å². The first kappa shape index (κ1) is 12.1. The molecule has 1 aromatic rings. The minimum absolute atomic E-state index is 0.0694. The molecule has 1 aliphatic rings. The van der Waals surface area contributed by atoms with E-state index in [1.54, 1.807) is 11.6 Å². The fourth-order valence-electron chi connectivity index (χ4n) is 2.63. The van der Waals surface area contributed by atoms with Gasteiger partial charge in [0.2, 0.25) is 0 Å². The zero-order valence-corrected chi connectivity index (χ0v) is 10.8. The van der Waals surface area contributed by atoms with Gasteiger partial charge in [0, 0.05) is 24.3 Å². The van der Waals surface area contributed by atoms with E-state index in [4.69, 9.17) is 0 Å². The second kappa shape index (κ2) is 4.51. The molecule has 0 aromatic carbocycles. The van der Waals surface area contributed by atoms with Crippen LogP contribution >= 0.6 is 0 Å². The lowest BCUT2D eigenvalue weighted by Gasteiger charge is -2.16. The first-order valence-corrected chi connectivity index (χ1v) is 6.37. The van der Waals surface area contributed by atoms with Crippen molar-refractivity contribution >= 4 is 0 Å². The Morgan fingerprint density at radius 1 is 1.06 bits per heavy atom. The normalized spacial score (nSPS) is 15.8. The molecule has 0 spiro atoms. The van der Waals surface area contributed by atoms with Crippen LogP contribution < -0.4 is 11.2 Å². The van der Waals surface area contributed by atoms with E-state index in [0.29, 0.717) is 0 Å². The maximum atomic E-state index is 12.3. The van der Waals surface area contributed by atoms with Gasteiger partial charge in [0.05, 0.1) is 0 Å². The van der Waals surface area contributed by atoms with Crippen LogP contribution in [0, 0.1) is 0 Å². The van der Waals surface area contributed by atoms with Crippen LogP contribution in [0.15, 0.2) is 9.59 Å². The standard InChI is InChI=1S/C13H20N2O2/c1-9(2)15-12(16)10-7-5-4-6-8-11(10)14(3)13(15)17/h9H,4-8H2,1-3H3. The van der Waals surface area contributed by atoms with Crippen molar-refractivity contribution in [2.45, 2.75) is 52.0 Å². The molecule has 4 nitrogen and oxygen atoms in total. The number of hydrogen-bond acceptors (Lipinski definition) is 2. The van der Waals surface area contributed by atoms with E-state index in [9.17, 15) is 9.59 Å². The van der Waals surface area contributed by atoms with Gasteiger partial charge in [-0.25, -0.2) is 4.79 Å². The van der Waals surface area contributed by atoms with Gasteiger partial charge in [0.15, 0.2) is 0 Å². The Morgan fingerprint density at radius 2 is 1.71 bits per heavy atom. The highest BCUT2D eigenvalue weighted by Gasteiger charge is 2.19. The summed E-state index contributed by atoms with van der Waals surface area (Å²) in [5.41, 5.74) is 1.57. The van der Waals surface area contributed by atoms with Gasteiger partial charge in [-0.2, -0.15) is 0 Å². The van der Waals surface area contributed by atoms with Gasteiger partial charge in [0.1, 0.15) is 0 Å². The lowest BCUT2D eigenvalue weighted by Crippen LogP contribution is -2.43. The highest BCUT2D eigenvalue weighted by molar-refractivity contribution is 5.20. The van der Waals surface area contributed by atoms with Crippen molar-refractivity contribution in [1.29, 1.82) is 0 Å². The lowest BCUT2D eigenvalue weighted by molar-refractivity contribution is 0.507. The number of fused-ring (bicyclic) bond motifs is 1. The molecule has 2 rings (SSSR count). The van der Waals surface area contributed by atoms with Crippen molar-refractivity contribution in [2.24, 2.45) is 7.05 Å². The van der Waals surface area contributed by atoms with Gasteiger partial charge in [-0.05, 0) is 39.5 Å². The Bertz CT molecular complexity index is 538. The summed E-state index contributed by atoms with van der Waals surface area (Å²) >= 11 is 0. The van der Waals surface area contributed by atoms with Crippen LogP contribution in [0.25, 0.3) is 0 Å². The summed E-state index contributed by atoms with van der Waals surface area (Å²) in [6.07, 6.45) is 4.94. The van der Waals surface area contributed by atoms with Crippen LogP contribution in [0.3, 0.4) is 0 Å². The summed E-state index contributed by atoms with van der Waals surface area (Å²) < 4.78 is 3.05. The fourth-order valence-corrected chi connectivity index (χ4v) is 2.63. The molecule has 4 heteroatoms. The zero-order chi connectivity index (χ0) is 12.6. The number of hydrogen-bond donors (Lipinski definition) is 0. The molecule has 0 radical (unpaired) electrons. The van der Waals surface area contributed by atoms with Gasteiger partial charge in [-0.3, -0.25) is 9.36 Å². The quantitative estimate of drug-likeness (QED) is 0.692. The third-order valence-electron chi connectivity index (χ3n) is 3.58. The van der Waals surface area contributed by atoms with E-state index in [1.807, 2.05) is 13.8 Å². The van der Waals surface area contributed by atoms with E-state index < -0.39 is 0 Å². The molecule has 0 saturated heterocycles. The van der Waals surface area contributed by atoms with Crippen LogP contribution in [0.1, 0.15) is 50.4 Å². The Balaban J connectivity index is 2.77. The SMILES string of the molecule is CC(C)n1c(=O)c2c(n(C)c1=O)CCCCC2. The van der Waals surface area contributed by atoms with Crippen LogP contribution in [0.5, 0.6) is 0 Å². The van der Waals surface area contributed by atoms with E-state index >= 15 is 0 Å². The largest absolute Gasteiger partial charge is 0.331 e. The molecule has 1 aromatic heterocycles. The molecule has 17 heavy (non-hydrogen) atoms. The Hall–Kier alpha value is -1.32.